The van der Waals surface area contributed by atoms with Gasteiger partial charge in [-0.3, -0.25) is 4.79 Å². The van der Waals surface area contributed by atoms with Crippen molar-refractivity contribution in [1.29, 1.82) is 0 Å². The number of nitrogens with one attached hydrogen (secondary N) is 3. The number of amides is 2. The summed E-state index contributed by atoms with van der Waals surface area (Å²) in [6.07, 6.45) is -0.836. The van der Waals surface area contributed by atoms with Crippen molar-refractivity contribution in [3.05, 3.63) is 65.5 Å². The van der Waals surface area contributed by atoms with Gasteiger partial charge in [0.1, 0.15) is 18.7 Å². The molecule has 0 bridgehead atoms. The topological polar surface area (TPSA) is 148 Å². The first kappa shape index (κ1) is 22.9. The second-order valence-corrected chi connectivity index (χ2v) is 7.81. The molecule has 11 nitrogen and oxygen atoms in total. The van der Waals surface area contributed by atoms with Crippen LogP contribution < -0.4 is 10.6 Å². The van der Waals surface area contributed by atoms with E-state index in [9.17, 15) is 14.4 Å². The van der Waals surface area contributed by atoms with Gasteiger partial charge in [-0.05, 0) is 29.2 Å². The fourth-order valence-electron chi connectivity index (χ4n) is 3.99. The normalized spacial score (nSPS) is 13.8. The van der Waals surface area contributed by atoms with E-state index in [-0.39, 0.29) is 24.8 Å². The number of hydrogen-bond donors (Lipinski definition) is 3. The molecule has 34 heavy (non-hydrogen) atoms. The van der Waals surface area contributed by atoms with Crippen molar-refractivity contribution < 1.29 is 23.9 Å². The summed E-state index contributed by atoms with van der Waals surface area (Å²) in [6.45, 7) is 1.57. The Labute approximate surface area is 195 Å². The molecule has 4 rings (SSSR count). The van der Waals surface area contributed by atoms with Gasteiger partial charge in [0.2, 0.25) is 5.91 Å². The first-order valence-electron chi connectivity index (χ1n) is 10.7. The molecule has 0 radical (unpaired) electrons. The number of esters is 1. The lowest BCUT2D eigenvalue weighted by Crippen LogP contribution is -2.52. The largest absolute Gasteiger partial charge is 0.467 e. The lowest BCUT2D eigenvalue weighted by atomic mass is 9.98. The minimum atomic E-state index is -1.10. The lowest BCUT2D eigenvalue weighted by molar-refractivity contribution is -0.144. The standard InChI is InChI=1S/C23H24N6O5/c1-13(22(31)33-2)24-21(30)19(11-20-26-28-29-27-20)25-23(32)34-12-18-16-9-5-3-7-14(16)15-8-4-6-10-17(15)18/h3-10,13,18-19H,11-12H2,1-2H3,(H,24,30)(H,25,32)(H,26,27,28,29)/t13-,19-/m0/s1. The highest BCUT2D eigenvalue weighted by Gasteiger charge is 2.30. The Hall–Kier alpha value is -4.28. The van der Waals surface area contributed by atoms with Crippen molar-refractivity contribution in [1.82, 2.24) is 31.3 Å². The molecular formula is C23H24N6O5. The van der Waals surface area contributed by atoms with Crippen LogP contribution in [0.1, 0.15) is 29.8 Å². The van der Waals surface area contributed by atoms with Gasteiger partial charge in [0.25, 0.3) is 0 Å². The first-order valence-corrected chi connectivity index (χ1v) is 10.7. The summed E-state index contributed by atoms with van der Waals surface area (Å²) in [6, 6.07) is 14.0. The van der Waals surface area contributed by atoms with Crippen LogP contribution in [0.2, 0.25) is 0 Å². The van der Waals surface area contributed by atoms with Crippen LogP contribution in [0.3, 0.4) is 0 Å². The van der Waals surface area contributed by atoms with Crippen LogP contribution in [0.25, 0.3) is 11.1 Å². The number of nitrogens with zero attached hydrogens (tertiary/aromatic N) is 3. The van der Waals surface area contributed by atoms with Crippen LogP contribution >= 0.6 is 0 Å². The molecule has 0 saturated carbocycles. The molecule has 1 aliphatic carbocycles. The predicted octanol–water partition coefficient (Wildman–Crippen LogP) is 1.33. The molecule has 0 unspecified atom stereocenters. The van der Waals surface area contributed by atoms with Crippen molar-refractivity contribution in [2.24, 2.45) is 0 Å². The maximum atomic E-state index is 12.7. The summed E-state index contributed by atoms with van der Waals surface area (Å²) in [4.78, 5) is 37.1. The Balaban J connectivity index is 1.44. The van der Waals surface area contributed by atoms with Gasteiger partial charge in [-0.2, -0.15) is 5.21 Å². The van der Waals surface area contributed by atoms with E-state index < -0.39 is 30.1 Å². The van der Waals surface area contributed by atoms with Gasteiger partial charge < -0.3 is 20.1 Å². The molecule has 2 amide bonds. The van der Waals surface area contributed by atoms with Gasteiger partial charge in [-0.1, -0.05) is 53.7 Å². The maximum Gasteiger partial charge on any atom is 0.407 e. The van der Waals surface area contributed by atoms with Gasteiger partial charge in [0.15, 0.2) is 5.82 Å². The minimum absolute atomic E-state index is 0.0551. The number of rotatable bonds is 8. The predicted molar refractivity (Wildman–Crippen MR) is 119 cm³/mol. The number of carbonyl (C=O) groups is 3. The summed E-state index contributed by atoms with van der Waals surface area (Å²) in [7, 11) is 1.22. The zero-order chi connectivity index (χ0) is 24.1. The Bertz CT molecular complexity index is 1140. The van der Waals surface area contributed by atoms with Crippen LogP contribution in [-0.4, -0.2) is 64.4 Å². The van der Waals surface area contributed by atoms with Crippen LogP contribution in [0.5, 0.6) is 0 Å². The number of carbonyl (C=O) groups excluding carboxylic acids is 3. The van der Waals surface area contributed by atoms with Crippen LogP contribution in [-0.2, 0) is 25.5 Å². The van der Waals surface area contributed by atoms with E-state index in [4.69, 9.17) is 4.74 Å². The van der Waals surface area contributed by atoms with Gasteiger partial charge in [0, 0.05) is 12.3 Å². The molecule has 176 valence electrons. The Morgan fingerprint density at radius 1 is 1.03 bits per heavy atom. The number of H-pyrrole nitrogens is 1. The van der Waals surface area contributed by atoms with E-state index in [0.717, 1.165) is 22.3 Å². The van der Waals surface area contributed by atoms with E-state index >= 15 is 0 Å². The SMILES string of the molecule is COC(=O)[C@H](C)NC(=O)[C@H](Cc1nn[nH]n1)NC(=O)OCC1c2ccccc2-c2ccccc21. The average molecular weight is 464 g/mol. The molecule has 1 aromatic heterocycles. The number of aromatic amines is 1. The number of hydrogen-bond acceptors (Lipinski definition) is 8. The zero-order valence-corrected chi connectivity index (χ0v) is 18.6. The van der Waals surface area contributed by atoms with Crippen molar-refractivity contribution in [2.45, 2.75) is 31.3 Å². The smallest absolute Gasteiger partial charge is 0.407 e. The number of alkyl carbamates (subject to hydrolysis) is 1. The van der Waals surface area contributed by atoms with Crippen LogP contribution in [0, 0.1) is 0 Å². The summed E-state index contributed by atoms with van der Waals surface area (Å²) in [5, 5.41) is 18.5. The van der Waals surface area contributed by atoms with Gasteiger partial charge in [-0.25, -0.2) is 9.59 Å². The second-order valence-electron chi connectivity index (χ2n) is 7.81. The number of benzene rings is 2. The highest BCUT2D eigenvalue weighted by molar-refractivity contribution is 5.89. The fourth-order valence-corrected chi connectivity index (χ4v) is 3.99. The number of ether oxygens (including phenoxy) is 2. The lowest BCUT2D eigenvalue weighted by Gasteiger charge is -2.20. The van der Waals surface area contributed by atoms with Crippen LogP contribution in [0.4, 0.5) is 4.79 Å². The molecule has 0 aliphatic heterocycles. The molecule has 0 fully saturated rings. The number of tetrazole rings is 1. The molecular weight excluding hydrogens is 440 g/mol. The molecule has 0 saturated heterocycles. The van der Waals surface area contributed by atoms with E-state index in [1.165, 1.54) is 14.0 Å². The monoisotopic (exact) mass is 464 g/mol. The summed E-state index contributed by atoms with van der Waals surface area (Å²) in [5.41, 5.74) is 4.37. The van der Waals surface area contributed by atoms with E-state index in [1.54, 1.807) is 0 Å². The number of fused-ring (bicyclic) bond motifs is 3. The quantitative estimate of drug-likeness (QED) is 0.423. The molecule has 1 heterocycles. The zero-order valence-electron chi connectivity index (χ0n) is 18.6. The van der Waals surface area contributed by atoms with Crippen molar-refractivity contribution >= 4 is 18.0 Å². The minimum Gasteiger partial charge on any atom is -0.467 e. The fraction of sp³-hybridized carbons (Fsp3) is 0.304. The average Bonchev–Trinajstić information content (AvgIpc) is 3.47. The Morgan fingerprint density at radius 2 is 1.68 bits per heavy atom. The third-order valence-corrected chi connectivity index (χ3v) is 5.64. The van der Waals surface area contributed by atoms with Crippen LogP contribution in [0.15, 0.2) is 48.5 Å². The summed E-state index contributed by atoms with van der Waals surface area (Å²) in [5.74, 6) is -1.14. The van der Waals surface area contributed by atoms with Crippen molar-refractivity contribution in [3.63, 3.8) is 0 Å². The summed E-state index contributed by atoms with van der Waals surface area (Å²) >= 11 is 0. The molecule has 2 atom stereocenters. The third kappa shape index (κ3) is 4.87. The Morgan fingerprint density at radius 3 is 2.26 bits per heavy atom. The molecule has 11 heteroatoms. The van der Waals surface area contributed by atoms with Gasteiger partial charge >= 0.3 is 12.1 Å². The number of aromatic nitrogens is 4. The van der Waals surface area contributed by atoms with E-state index in [2.05, 4.69) is 36.0 Å². The van der Waals surface area contributed by atoms with E-state index in [1.807, 2.05) is 48.5 Å². The molecule has 1 aliphatic rings. The maximum absolute atomic E-state index is 12.7. The molecule has 0 spiro atoms. The van der Waals surface area contributed by atoms with Crippen molar-refractivity contribution in [2.75, 3.05) is 13.7 Å². The molecule has 3 aromatic rings. The first-order chi connectivity index (χ1) is 16.5. The highest BCUT2D eigenvalue weighted by Crippen LogP contribution is 2.44. The van der Waals surface area contributed by atoms with Crippen molar-refractivity contribution in [3.8, 4) is 11.1 Å². The summed E-state index contributed by atoms with van der Waals surface area (Å²) < 4.78 is 10.2. The highest BCUT2D eigenvalue weighted by atomic mass is 16.5. The van der Waals surface area contributed by atoms with Gasteiger partial charge in [-0.15, -0.1) is 10.2 Å². The molecule has 2 aromatic carbocycles. The van der Waals surface area contributed by atoms with E-state index in [0.29, 0.717) is 0 Å². The third-order valence-electron chi connectivity index (χ3n) is 5.64. The number of methoxy groups -OCH3 is 1. The van der Waals surface area contributed by atoms with Gasteiger partial charge in [0.05, 0.1) is 7.11 Å². The second kappa shape index (κ2) is 10.1. The molecule has 3 N–H and O–H groups in total. The Kier molecular flexibility index (Phi) is 6.81.